The van der Waals surface area contributed by atoms with Crippen LogP contribution in [0.3, 0.4) is 0 Å². The molecule has 84 valence electrons. The summed E-state index contributed by atoms with van der Waals surface area (Å²) < 4.78 is 1.15. The molecule has 16 heavy (non-hydrogen) atoms. The molecular formula is C10H11N3O3. The molecule has 0 aromatic carbocycles. The number of hydrogen-bond acceptors (Lipinski definition) is 3. The Balaban J connectivity index is 2.75. The number of carboxylic acids is 1. The molecule has 0 fully saturated rings. The van der Waals surface area contributed by atoms with Crippen molar-refractivity contribution in [3.05, 3.63) is 33.9 Å². The minimum atomic E-state index is -1.27. The highest BCUT2D eigenvalue weighted by Crippen LogP contribution is 2.12. The van der Waals surface area contributed by atoms with Crippen molar-refractivity contribution in [3.8, 4) is 0 Å². The molecule has 0 atom stereocenters. The van der Waals surface area contributed by atoms with E-state index >= 15 is 0 Å². The maximum atomic E-state index is 11.7. The van der Waals surface area contributed by atoms with Crippen LogP contribution >= 0.6 is 0 Å². The van der Waals surface area contributed by atoms with Crippen molar-refractivity contribution in [1.82, 2.24) is 14.6 Å². The van der Waals surface area contributed by atoms with Crippen LogP contribution < -0.4 is 5.56 Å². The quantitative estimate of drug-likeness (QED) is 0.786. The summed E-state index contributed by atoms with van der Waals surface area (Å²) in [5.41, 5.74) is 0.338. The predicted molar refractivity (Wildman–Crippen MR) is 56.9 cm³/mol. The van der Waals surface area contributed by atoms with Crippen molar-refractivity contribution >= 4 is 11.6 Å². The van der Waals surface area contributed by atoms with Gasteiger partial charge in [0.1, 0.15) is 5.56 Å². The smallest absolute Gasteiger partial charge is 0.343 e. The van der Waals surface area contributed by atoms with Crippen molar-refractivity contribution in [3.63, 3.8) is 0 Å². The summed E-state index contributed by atoms with van der Waals surface area (Å²) in [5.74, 6) is -1.05. The molecule has 0 aliphatic heterocycles. The molecule has 0 aliphatic carbocycles. The predicted octanol–water partition coefficient (Wildman–Crippen LogP) is 0.844. The molecule has 2 aromatic heterocycles. The van der Waals surface area contributed by atoms with Gasteiger partial charge in [-0.15, -0.1) is 0 Å². The van der Waals surface area contributed by atoms with Gasteiger partial charge in [-0.3, -0.25) is 9.89 Å². The lowest BCUT2D eigenvalue weighted by Gasteiger charge is -1.98. The Labute approximate surface area is 90.5 Å². The van der Waals surface area contributed by atoms with E-state index in [-0.39, 0.29) is 11.5 Å². The first kappa shape index (κ1) is 10.4. The second kappa shape index (κ2) is 3.48. The first-order valence-corrected chi connectivity index (χ1v) is 4.84. The highest BCUT2D eigenvalue weighted by molar-refractivity contribution is 5.86. The molecule has 0 unspecified atom stereocenters. The van der Waals surface area contributed by atoms with E-state index in [1.54, 1.807) is 6.07 Å². The zero-order valence-corrected chi connectivity index (χ0v) is 8.89. The van der Waals surface area contributed by atoms with Crippen LogP contribution in [0.2, 0.25) is 0 Å². The van der Waals surface area contributed by atoms with Crippen LogP contribution in [-0.2, 0) is 0 Å². The van der Waals surface area contributed by atoms with Gasteiger partial charge >= 0.3 is 5.97 Å². The van der Waals surface area contributed by atoms with Gasteiger partial charge in [0, 0.05) is 18.0 Å². The van der Waals surface area contributed by atoms with E-state index in [1.807, 2.05) is 13.8 Å². The molecule has 2 rings (SSSR count). The lowest BCUT2D eigenvalue weighted by molar-refractivity contribution is 0.0694. The average Bonchev–Trinajstić information content (AvgIpc) is 2.62. The van der Waals surface area contributed by atoms with E-state index in [0.717, 1.165) is 16.4 Å². The minimum absolute atomic E-state index is 0.217. The van der Waals surface area contributed by atoms with Crippen molar-refractivity contribution < 1.29 is 9.90 Å². The number of nitrogens with one attached hydrogen (secondary N) is 1. The maximum Gasteiger partial charge on any atom is 0.343 e. The maximum absolute atomic E-state index is 11.7. The fourth-order valence-corrected chi connectivity index (χ4v) is 1.42. The molecule has 0 saturated heterocycles. The monoisotopic (exact) mass is 221 g/mol. The van der Waals surface area contributed by atoms with Gasteiger partial charge in [-0.1, -0.05) is 13.8 Å². The topological polar surface area (TPSA) is 87.5 Å². The zero-order valence-electron chi connectivity index (χ0n) is 8.89. The molecule has 0 saturated carbocycles. The lowest BCUT2D eigenvalue weighted by atomic mass is 10.1. The van der Waals surface area contributed by atoms with Gasteiger partial charge in [0.15, 0.2) is 5.65 Å². The Morgan fingerprint density at radius 3 is 2.81 bits per heavy atom. The number of aromatic nitrogens is 3. The van der Waals surface area contributed by atoms with E-state index in [2.05, 4.69) is 10.1 Å². The van der Waals surface area contributed by atoms with E-state index in [9.17, 15) is 9.59 Å². The van der Waals surface area contributed by atoms with E-state index in [0.29, 0.717) is 5.65 Å². The van der Waals surface area contributed by atoms with Crippen LogP contribution in [0.25, 0.3) is 5.65 Å². The SMILES string of the molecule is CC(C)c1cc2ncc(C(=O)O)c(=O)n2[nH]1. The molecular weight excluding hydrogens is 210 g/mol. The summed E-state index contributed by atoms with van der Waals surface area (Å²) in [7, 11) is 0. The van der Waals surface area contributed by atoms with Gasteiger partial charge in [-0.25, -0.2) is 14.3 Å². The Hall–Kier alpha value is -2.11. The Kier molecular flexibility index (Phi) is 2.26. The normalized spacial score (nSPS) is 11.2. The standard InChI is InChI=1S/C10H11N3O3/c1-5(2)7-3-8-11-4-6(10(15)16)9(14)13(8)12-7/h3-5,12H,1-2H3,(H,15,16). The van der Waals surface area contributed by atoms with Gasteiger partial charge in [0.2, 0.25) is 0 Å². The third kappa shape index (κ3) is 1.48. The number of rotatable bonds is 2. The van der Waals surface area contributed by atoms with Crippen LogP contribution in [0.15, 0.2) is 17.1 Å². The number of aromatic carboxylic acids is 1. The summed E-state index contributed by atoms with van der Waals surface area (Å²) in [6.45, 7) is 3.93. The van der Waals surface area contributed by atoms with Crippen LogP contribution in [0.1, 0.15) is 35.8 Å². The van der Waals surface area contributed by atoms with Crippen LogP contribution in [0, 0.1) is 0 Å². The molecule has 0 amide bonds. The molecule has 2 N–H and O–H groups in total. The first-order chi connectivity index (χ1) is 7.50. The molecule has 0 bridgehead atoms. The number of carboxylic acid groups (broad SMARTS) is 1. The molecule has 2 heterocycles. The first-order valence-electron chi connectivity index (χ1n) is 4.84. The highest BCUT2D eigenvalue weighted by atomic mass is 16.4. The Morgan fingerprint density at radius 1 is 1.56 bits per heavy atom. The van der Waals surface area contributed by atoms with Gasteiger partial charge in [0.05, 0.1) is 0 Å². The molecule has 6 nitrogen and oxygen atoms in total. The van der Waals surface area contributed by atoms with Gasteiger partial charge in [-0.05, 0) is 5.92 Å². The number of hydrogen-bond donors (Lipinski definition) is 2. The van der Waals surface area contributed by atoms with E-state index in [4.69, 9.17) is 5.11 Å². The molecule has 6 heteroatoms. The number of nitrogens with zero attached hydrogens (tertiary/aromatic N) is 2. The van der Waals surface area contributed by atoms with Crippen molar-refractivity contribution in [2.75, 3.05) is 0 Å². The van der Waals surface area contributed by atoms with Crippen LogP contribution in [-0.4, -0.2) is 25.7 Å². The van der Waals surface area contributed by atoms with Crippen molar-refractivity contribution in [2.24, 2.45) is 0 Å². The fraction of sp³-hybridized carbons (Fsp3) is 0.300. The van der Waals surface area contributed by atoms with Gasteiger partial charge in [0.25, 0.3) is 5.56 Å². The number of H-pyrrole nitrogens is 1. The number of carbonyl (C=O) groups is 1. The second-order valence-corrected chi connectivity index (χ2v) is 3.84. The molecule has 0 spiro atoms. The van der Waals surface area contributed by atoms with Gasteiger partial charge < -0.3 is 5.11 Å². The van der Waals surface area contributed by atoms with Crippen molar-refractivity contribution in [2.45, 2.75) is 19.8 Å². The Morgan fingerprint density at radius 2 is 2.25 bits per heavy atom. The third-order valence-electron chi connectivity index (χ3n) is 2.37. The summed E-state index contributed by atoms with van der Waals surface area (Å²) in [4.78, 5) is 26.4. The molecule has 2 aromatic rings. The summed E-state index contributed by atoms with van der Waals surface area (Å²) in [5, 5.41) is 11.6. The third-order valence-corrected chi connectivity index (χ3v) is 2.37. The largest absolute Gasteiger partial charge is 0.477 e. The highest BCUT2D eigenvalue weighted by Gasteiger charge is 2.13. The average molecular weight is 221 g/mol. The van der Waals surface area contributed by atoms with Gasteiger partial charge in [-0.2, -0.15) is 0 Å². The van der Waals surface area contributed by atoms with Crippen LogP contribution in [0.5, 0.6) is 0 Å². The number of fused-ring (bicyclic) bond motifs is 1. The summed E-state index contributed by atoms with van der Waals surface area (Å²) >= 11 is 0. The van der Waals surface area contributed by atoms with E-state index < -0.39 is 11.5 Å². The minimum Gasteiger partial charge on any atom is -0.477 e. The second-order valence-electron chi connectivity index (χ2n) is 3.84. The Bertz CT molecular complexity index is 609. The van der Waals surface area contributed by atoms with Crippen LogP contribution in [0.4, 0.5) is 0 Å². The molecule has 0 radical (unpaired) electrons. The fourth-order valence-electron chi connectivity index (χ4n) is 1.42. The van der Waals surface area contributed by atoms with Crippen molar-refractivity contribution in [1.29, 1.82) is 0 Å². The number of aromatic amines is 1. The summed E-state index contributed by atoms with van der Waals surface area (Å²) in [6, 6.07) is 1.73. The molecule has 0 aliphatic rings. The summed E-state index contributed by atoms with van der Waals surface area (Å²) in [6.07, 6.45) is 1.08. The lowest BCUT2D eigenvalue weighted by Crippen LogP contribution is -2.22. The zero-order chi connectivity index (χ0) is 11.9. The van der Waals surface area contributed by atoms with E-state index in [1.165, 1.54) is 0 Å².